The van der Waals surface area contributed by atoms with Crippen LogP contribution in [0.5, 0.6) is 0 Å². The molecule has 0 aliphatic carbocycles. The van der Waals surface area contributed by atoms with E-state index in [1.54, 1.807) is 0 Å². The van der Waals surface area contributed by atoms with E-state index in [0.717, 1.165) is 17.3 Å². The van der Waals surface area contributed by atoms with Crippen molar-refractivity contribution in [3.05, 3.63) is 0 Å². The second-order valence-electron chi connectivity index (χ2n) is 4.86. The quantitative estimate of drug-likeness (QED) is 0.589. The van der Waals surface area contributed by atoms with Gasteiger partial charge in [-0.3, -0.25) is 0 Å². The van der Waals surface area contributed by atoms with Crippen LogP contribution in [0.1, 0.15) is 40.5 Å². The van der Waals surface area contributed by atoms with E-state index in [4.69, 9.17) is 9.47 Å². The molecule has 1 fully saturated rings. The summed E-state index contributed by atoms with van der Waals surface area (Å²) < 4.78 is 12.8. The third kappa shape index (κ3) is 4.03. The molecular formula is C11H21IO2. The molecule has 0 aromatic carbocycles. The van der Waals surface area contributed by atoms with Crippen molar-refractivity contribution in [2.45, 2.75) is 64.4 Å². The highest BCUT2D eigenvalue weighted by molar-refractivity contribution is 14.1. The second-order valence-corrected chi connectivity index (χ2v) is 5.62. The summed E-state index contributed by atoms with van der Waals surface area (Å²) >= 11 is 2.38. The van der Waals surface area contributed by atoms with Crippen molar-refractivity contribution in [1.29, 1.82) is 0 Å². The van der Waals surface area contributed by atoms with Gasteiger partial charge in [0.2, 0.25) is 0 Å². The maximum Gasteiger partial charge on any atom is 0.0719 e. The van der Waals surface area contributed by atoms with Crippen LogP contribution in [0, 0.1) is 0 Å². The van der Waals surface area contributed by atoms with Gasteiger partial charge in [-0.2, -0.15) is 0 Å². The first-order valence-electron chi connectivity index (χ1n) is 5.32. The van der Waals surface area contributed by atoms with Gasteiger partial charge in [-0.05, 0) is 40.5 Å². The van der Waals surface area contributed by atoms with E-state index in [-0.39, 0.29) is 5.60 Å². The van der Waals surface area contributed by atoms with Gasteiger partial charge in [-0.1, -0.05) is 22.6 Å². The SMILES string of the molecule is CC1CC(OC(C)(C)CI)CC(C)O1. The summed E-state index contributed by atoms with van der Waals surface area (Å²) in [5.41, 5.74) is 0.00199. The van der Waals surface area contributed by atoms with Crippen molar-refractivity contribution >= 4 is 22.6 Å². The van der Waals surface area contributed by atoms with E-state index >= 15 is 0 Å². The topological polar surface area (TPSA) is 18.5 Å². The largest absolute Gasteiger partial charge is 0.375 e. The number of hydrogen-bond acceptors (Lipinski definition) is 2. The maximum absolute atomic E-state index is 6.08. The van der Waals surface area contributed by atoms with Crippen molar-refractivity contribution in [2.24, 2.45) is 0 Å². The average Bonchev–Trinajstić information content (AvgIpc) is 2.01. The van der Waals surface area contributed by atoms with Crippen LogP contribution in [0.2, 0.25) is 0 Å². The van der Waals surface area contributed by atoms with Crippen molar-refractivity contribution < 1.29 is 9.47 Å². The van der Waals surface area contributed by atoms with Crippen molar-refractivity contribution in [1.82, 2.24) is 0 Å². The molecule has 0 radical (unpaired) electrons. The van der Waals surface area contributed by atoms with Crippen LogP contribution < -0.4 is 0 Å². The van der Waals surface area contributed by atoms with Crippen LogP contribution in [0.3, 0.4) is 0 Å². The molecule has 84 valence electrons. The lowest BCUT2D eigenvalue weighted by atomic mass is 10.0. The fourth-order valence-corrected chi connectivity index (χ4v) is 2.10. The molecule has 0 bridgehead atoms. The lowest BCUT2D eigenvalue weighted by molar-refractivity contribution is -0.139. The van der Waals surface area contributed by atoms with Gasteiger partial charge in [0.15, 0.2) is 0 Å². The lowest BCUT2D eigenvalue weighted by Gasteiger charge is -2.36. The molecule has 14 heavy (non-hydrogen) atoms. The first-order valence-corrected chi connectivity index (χ1v) is 6.85. The second kappa shape index (κ2) is 5.12. The van der Waals surface area contributed by atoms with Crippen LogP contribution >= 0.6 is 22.6 Å². The molecular weight excluding hydrogens is 291 g/mol. The molecule has 2 nitrogen and oxygen atoms in total. The average molecular weight is 312 g/mol. The normalized spacial score (nSPS) is 34.5. The molecule has 1 aliphatic rings. The summed E-state index contributed by atoms with van der Waals surface area (Å²) in [6.45, 7) is 8.57. The molecule has 0 spiro atoms. The first kappa shape index (κ1) is 12.7. The number of rotatable bonds is 3. The minimum atomic E-state index is 0.00199. The summed E-state index contributed by atoms with van der Waals surface area (Å²) in [5.74, 6) is 0. The molecule has 2 unspecified atom stereocenters. The maximum atomic E-state index is 6.08. The van der Waals surface area contributed by atoms with Crippen LogP contribution in [0.4, 0.5) is 0 Å². The highest BCUT2D eigenvalue weighted by atomic mass is 127. The molecule has 1 saturated heterocycles. The fraction of sp³-hybridized carbons (Fsp3) is 1.00. The zero-order chi connectivity index (χ0) is 10.8. The molecule has 1 rings (SSSR count). The highest BCUT2D eigenvalue weighted by Crippen LogP contribution is 2.26. The van der Waals surface area contributed by atoms with Gasteiger partial charge in [-0.15, -0.1) is 0 Å². The molecule has 0 N–H and O–H groups in total. The molecule has 1 heterocycles. The predicted molar refractivity (Wildman–Crippen MR) is 67.1 cm³/mol. The lowest BCUT2D eigenvalue weighted by Crippen LogP contribution is -2.40. The van der Waals surface area contributed by atoms with Gasteiger partial charge in [0.25, 0.3) is 0 Å². The standard InChI is InChI=1S/C11H21IO2/c1-8-5-10(6-9(2)13-8)14-11(3,4)7-12/h8-10H,5-7H2,1-4H3. The molecule has 0 amide bonds. The summed E-state index contributed by atoms with van der Waals surface area (Å²) in [7, 11) is 0. The molecule has 0 aromatic heterocycles. The Labute approximate surface area is 101 Å². The van der Waals surface area contributed by atoms with E-state index in [9.17, 15) is 0 Å². The van der Waals surface area contributed by atoms with Gasteiger partial charge in [0.1, 0.15) is 0 Å². The van der Waals surface area contributed by atoms with E-state index < -0.39 is 0 Å². The van der Waals surface area contributed by atoms with Gasteiger partial charge >= 0.3 is 0 Å². The Morgan fingerprint density at radius 1 is 1.29 bits per heavy atom. The Balaban J connectivity index is 2.44. The Morgan fingerprint density at radius 3 is 2.21 bits per heavy atom. The van der Waals surface area contributed by atoms with E-state index in [0.29, 0.717) is 18.3 Å². The van der Waals surface area contributed by atoms with Crippen LogP contribution in [-0.2, 0) is 9.47 Å². The molecule has 0 aromatic rings. The number of alkyl halides is 1. The van der Waals surface area contributed by atoms with Crippen molar-refractivity contribution in [2.75, 3.05) is 4.43 Å². The molecule has 0 saturated carbocycles. The van der Waals surface area contributed by atoms with Crippen molar-refractivity contribution in [3.63, 3.8) is 0 Å². The Kier molecular flexibility index (Phi) is 4.65. The Morgan fingerprint density at radius 2 is 1.79 bits per heavy atom. The number of hydrogen-bond donors (Lipinski definition) is 0. The van der Waals surface area contributed by atoms with Crippen LogP contribution in [0.15, 0.2) is 0 Å². The Hall–Kier alpha value is 0.650. The molecule has 1 aliphatic heterocycles. The zero-order valence-corrected chi connectivity index (χ0v) is 11.7. The summed E-state index contributed by atoms with van der Waals surface area (Å²) in [4.78, 5) is 0. The third-order valence-corrected chi connectivity index (χ3v) is 4.30. The van der Waals surface area contributed by atoms with Crippen LogP contribution in [-0.4, -0.2) is 28.3 Å². The van der Waals surface area contributed by atoms with Crippen molar-refractivity contribution in [3.8, 4) is 0 Å². The predicted octanol–water partition coefficient (Wildman–Crippen LogP) is 3.17. The minimum Gasteiger partial charge on any atom is -0.375 e. The minimum absolute atomic E-state index is 0.00199. The third-order valence-electron chi connectivity index (χ3n) is 2.46. The van der Waals surface area contributed by atoms with Crippen LogP contribution in [0.25, 0.3) is 0 Å². The van der Waals surface area contributed by atoms with E-state index in [1.165, 1.54) is 0 Å². The fourth-order valence-electron chi connectivity index (χ4n) is 1.92. The highest BCUT2D eigenvalue weighted by Gasteiger charge is 2.29. The molecule has 3 heteroatoms. The number of halogens is 1. The number of ether oxygens (including phenoxy) is 2. The van der Waals surface area contributed by atoms with Gasteiger partial charge < -0.3 is 9.47 Å². The Bertz CT molecular complexity index is 172. The monoisotopic (exact) mass is 312 g/mol. The molecule has 2 atom stereocenters. The summed E-state index contributed by atoms with van der Waals surface area (Å²) in [6, 6.07) is 0. The van der Waals surface area contributed by atoms with Gasteiger partial charge in [-0.25, -0.2) is 0 Å². The summed E-state index contributed by atoms with van der Waals surface area (Å²) in [5, 5.41) is 0. The van der Waals surface area contributed by atoms with Gasteiger partial charge in [0, 0.05) is 4.43 Å². The smallest absolute Gasteiger partial charge is 0.0719 e. The van der Waals surface area contributed by atoms with E-state index in [1.807, 2.05) is 0 Å². The summed E-state index contributed by atoms with van der Waals surface area (Å²) in [6.07, 6.45) is 3.12. The zero-order valence-electron chi connectivity index (χ0n) is 9.55. The first-order chi connectivity index (χ1) is 6.43. The van der Waals surface area contributed by atoms with Gasteiger partial charge in [0.05, 0.1) is 23.9 Å². The van der Waals surface area contributed by atoms with E-state index in [2.05, 4.69) is 50.3 Å².